The molecule has 0 rings (SSSR count). The van der Waals surface area contributed by atoms with Crippen molar-refractivity contribution < 1.29 is 0 Å². The Kier molecular flexibility index (Phi) is 22.3. The lowest BCUT2D eigenvalue weighted by Gasteiger charge is -2.00. The van der Waals surface area contributed by atoms with Gasteiger partial charge in [-0.15, -0.1) is 0 Å². The normalized spacial score (nSPS) is 14.7. The van der Waals surface area contributed by atoms with Gasteiger partial charge in [-0.2, -0.15) is 0 Å². The summed E-state index contributed by atoms with van der Waals surface area (Å²) in [7, 11) is 0. The van der Waals surface area contributed by atoms with Gasteiger partial charge in [-0.05, 0) is 121 Å². The Bertz CT molecular complexity index is 967. The second kappa shape index (κ2) is 24.0. The van der Waals surface area contributed by atoms with Crippen LogP contribution < -0.4 is 0 Å². The van der Waals surface area contributed by atoms with Gasteiger partial charge < -0.3 is 0 Å². The summed E-state index contributed by atoms with van der Waals surface area (Å²) in [6.45, 7) is 21.9. The van der Waals surface area contributed by atoms with Gasteiger partial charge in [0.05, 0.1) is 0 Å². The summed E-state index contributed by atoms with van der Waals surface area (Å²) in [6.07, 6.45) is 40.3. The summed E-state index contributed by atoms with van der Waals surface area (Å²) >= 11 is 0. The smallest absolute Gasteiger partial charge is 0.0285 e. The van der Waals surface area contributed by atoms with Gasteiger partial charge in [0.15, 0.2) is 0 Å². The quantitative estimate of drug-likeness (QED) is 0.120. The summed E-state index contributed by atoms with van der Waals surface area (Å²) in [4.78, 5) is 0. The maximum Gasteiger partial charge on any atom is -0.0285 e. The van der Waals surface area contributed by atoms with Crippen LogP contribution in [0.25, 0.3) is 0 Å². The average molecular weight is 541 g/mol. The summed E-state index contributed by atoms with van der Waals surface area (Å²) < 4.78 is 0. The number of rotatable bonds is 18. The predicted molar refractivity (Wildman–Crippen MR) is 186 cm³/mol. The molecule has 0 atom stereocenters. The first kappa shape index (κ1) is 37.1. The zero-order valence-electron chi connectivity index (χ0n) is 27.7. The third-order valence-electron chi connectivity index (χ3n) is 6.55. The second-order valence-corrected chi connectivity index (χ2v) is 11.8. The van der Waals surface area contributed by atoms with E-state index in [1.54, 1.807) is 0 Å². The minimum absolute atomic E-state index is 1.12. The maximum atomic E-state index is 2.40. The zero-order valence-corrected chi connectivity index (χ0v) is 27.7. The standard InChI is InChI=1S/C40H60/c1-33(2)19-13-23-37(7)27-17-31-39(9)29-15-25-35(5)21-11-12-22-36(6)26-16-30-40(10)32-18-28-38(8)24-14-20-34(3)4/h11-12,15-16,19-22,25-30H,13-14,17-18,23-24,31-32H2,1-10H3/b12-11+,25-15+,26-16+,35-21-,36-22-,37-27-,38-28-,39-29-,40-30-. The molecule has 0 aromatic heterocycles. The van der Waals surface area contributed by atoms with Crippen LogP contribution in [0.4, 0.5) is 0 Å². The molecular formula is C40H60. The molecule has 0 nitrogen and oxygen atoms in total. The molecule has 0 saturated heterocycles. The van der Waals surface area contributed by atoms with Gasteiger partial charge in [0.25, 0.3) is 0 Å². The van der Waals surface area contributed by atoms with E-state index in [0.717, 1.165) is 38.5 Å². The van der Waals surface area contributed by atoms with Crippen LogP contribution >= 0.6 is 0 Å². The summed E-state index contributed by atoms with van der Waals surface area (Å²) in [5.41, 5.74) is 11.1. The molecule has 220 valence electrons. The highest BCUT2D eigenvalue weighted by Crippen LogP contribution is 2.13. The van der Waals surface area contributed by atoms with Crippen LogP contribution in [0.5, 0.6) is 0 Å². The minimum atomic E-state index is 1.12. The molecular weight excluding hydrogens is 480 g/mol. The van der Waals surface area contributed by atoms with E-state index >= 15 is 0 Å². The number of allylic oxidation sites excluding steroid dienone is 22. The highest BCUT2D eigenvalue weighted by Gasteiger charge is 1.92. The molecule has 0 radical (unpaired) electrons. The molecule has 0 spiro atoms. The molecule has 0 aliphatic carbocycles. The van der Waals surface area contributed by atoms with E-state index in [1.165, 1.54) is 57.4 Å². The van der Waals surface area contributed by atoms with Crippen molar-refractivity contribution in [3.05, 3.63) is 130 Å². The highest BCUT2D eigenvalue weighted by molar-refractivity contribution is 5.30. The topological polar surface area (TPSA) is 0 Å². The monoisotopic (exact) mass is 540 g/mol. The average Bonchev–Trinajstić information content (AvgIpc) is 2.86. The van der Waals surface area contributed by atoms with Crippen molar-refractivity contribution in [2.24, 2.45) is 0 Å². The van der Waals surface area contributed by atoms with E-state index in [9.17, 15) is 0 Å². The van der Waals surface area contributed by atoms with E-state index in [0.29, 0.717) is 0 Å². The molecule has 0 saturated carbocycles. The molecule has 0 heteroatoms. The van der Waals surface area contributed by atoms with Crippen LogP contribution in [-0.4, -0.2) is 0 Å². The fraction of sp³-hybridized carbons (Fsp3) is 0.450. The largest absolute Gasteiger partial charge is 0.0856 e. The van der Waals surface area contributed by atoms with Crippen molar-refractivity contribution in [3.8, 4) is 0 Å². The zero-order chi connectivity index (χ0) is 30.2. The van der Waals surface area contributed by atoms with Gasteiger partial charge in [-0.1, -0.05) is 130 Å². The van der Waals surface area contributed by atoms with Crippen LogP contribution in [0, 0.1) is 0 Å². The third kappa shape index (κ3) is 25.4. The third-order valence-corrected chi connectivity index (χ3v) is 6.55. The Balaban J connectivity index is 4.51. The molecule has 40 heavy (non-hydrogen) atoms. The number of hydrogen-bond acceptors (Lipinski definition) is 0. The van der Waals surface area contributed by atoms with Gasteiger partial charge in [-0.3, -0.25) is 0 Å². The predicted octanol–water partition coefficient (Wildman–Crippen LogP) is 13.4. The van der Waals surface area contributed by atoms with Gasteiger partial charge in [0, 0.05) is 0 Å². The SMILES string of the molecule is CC(C)=CCC/C(C)=C\CC\C(C)=C/C=C/C(C)=C\C=C\C=C(C)/C=C/C=C(/C)CC/C=C(/C)CCC=C(C)C. The molecule has 0 heterocycles. The first-order valence-corrected chi connectivity index (χ1v) is 15.3. The van der Waals surface area contributed by atoms with Crippen LogP contribution in [0.2, 0.25) is 0 Å². The van der Waals surface area contributed by atoms with Crippen LogP contribution in [-0.2, 0) is 0 Å². The highest BCUT2D eigenvalue weighted by atomic mass is 14.0. The molecule has 0 bridgehead atoms. The minimum Gasteiger partial charge on any atom is -0.0856 e. The Morgan fingerprint density at radius 1 is 0.350 bits per heavy atom. The van der Waals surface area contributed by atoms with Crippen LogP contribution in [0.15, 0.2) is 130 Å². The second-order valence-electron chi connectivity index (χ2n) is 11.8. The molecule has 0 aliphatic rings. The molecule has 0 aromatic rings. The summed E-state index contributed by atoms with van der Waals surface area (Å²) in [5, 5.41) is 0. The van der Waals surface area contributed by atoms with Gasteiger partial charge in [-0.25, -0.2) is 0 Å². The fourth-order valence-electron chi connectivity index (χ4n) is 3.89. The first-order valence-electron chi connectivity index (χ1n) is 15.3. The van der Waals surface area contributed by atoms with E-state index in [4.69, 9.17) is 0 Å². The summed E-state index contributed by atoms with van der Waals surface area (Å²) in [5.74, 6) is 0. The van der Waals surface area contributed by atoms with Crippen molar-refractivity contribution in [1.29, 1.82) is 0 Å². The molecule has 0 aliphatic heterocycles. The van der Waals surface area contributed by atoms with Crippen molar-refractivity contribution >= 4 is 0 Å². The van der Waals surface area contributed by atoms with Gasteiger partial charge in [0.2, 0.25) is 0 Å². The van der Waals surface area contributed by atoms with Crippen LogP contribution in [0.1, 0.15) is 121 Å². The Morgan fingerprint density at radius 2 is 0.675 bits per heavy atom. The van der Waals surface area contributed by atoms with E-state index in [-0.39, 0.29) is 0 Å². The molecule has 0 aromatic carbocycles. The Hall–Kier alpha value is -2.86. The van der Waals surface area contributed by atoms with Gasteiger partial charge in [0.1, 0.15) is 0 Å². The van der Waals surface area contributed by atoms with Crippen molar-refractivity contribution in [2.45, 2.75) is 121 Å². The van der Waals surface area contributed by atoms with Crippen molar-refractivity contribution in [1.82, 2.24) is 0 Å². The lowest BCUT2D eigenvalue weighted by atomic mass is 10.1. The molecule has 0 N–H and O–H groups in total. The fourth-order valence-corrected chi connectivity index (χ4v) is 3.89. The van der Waals surface area contributed by atoms with Crippen LogP contribution in [0.3, 0.4) is 0 Å². The van der Waals surface area contributed by atoms with E-state index in [1.807, 2.05) is 0 Å². The van der Waals surface area contributed by atoms with E-state index in [2.05, 4.69) is 154 Å². The molecule has 0 amide bonds. The van der Waals surface area contributed by atoms with Crippen molar-refractivity contribution in [3.63, 3.8) is 0 Å². The Morgan fingerprint density at radius 3 is 1.02 bits per heavy atom. The maximum absolute atomic E-state index is 2.40. The lowest BCUT2D eigenvalue weighted by molar-refractivity contribution is 0.918. The molecule has 0 fully saturated rings. The lowest BCUT2D eigenvalue weighted by Crippen LogP contribution is -1.80. The van der Waals surface area contributed by atoms with Crippen molar-refractivity contribution in [2.75, 3.05) is 0 Å². The molecule has 0 unspecified atom stereocenters. The Labute approximate surface area is 249 Å². The summed E-state index contributed by atoms with van der Waals surface area (Å²) in [6, 6.07) is 0. The first-order chi connectivity index (χ1) is 19.0. The number of hydrogen-bond donors (Lipinski definition) is 0. The van der Waals surface area contributed by atoms with E-state index < -0.39 is 0 Å². The van der Waals surface area contributed by atoms with Gasteiger partial charge >= 0.3 is 0 Å².